The Balaban J connectivity index is 1.76. The average molecular weight is 266 g/mol. The van der Waals surface area contributed by atoms with Crippen LogP contribution in [0.2, 0.25) is 0 Å². The smallest absolute Gasteiger partial charge is 0.00823 e. The number of likely N-dealkylation sites (tertiary alicyclic amines) is 1. The van der Waals surface area contributed by atoms with Gasteiger partial charge in [-0.05, 0) is 65.0 Å². The molecule has 1 saturated heterocycles. The first-order valence-electron chi connectivity index (χ1n) is 8.69. The second kappa shape index (κ2) is 7.64. The molecule has 0 bridgehead atoms. The van der Waals surface area contributed by atoms with Crippen LogP contribution in [0.5, 0.6) is 0 Å². The molecule has 19 heavy (non-hydrogen) atoms. The van der Waals surface area contributed by atoms with Crippen molar-refractivity contribution in [2.45, 2.75) is 90.3 Å². The van der Waals surface area contributed by atoms with Gasteiger partial charge in [-0.25, -0.2) is 0 Å². The van der Waals surface area contributed by atoms with Gasteiger partial charge in [0.1, 0.15) is 0 Å². The molecule has 2 heteroatoms. The van der Waals surface area contributed by atoms with Gasteiger partial charge in [0.25, 0.3) is 0 Å². The highest BCUT2D eigenvalue weighted by Crippen LogP contribution is 2.27. The predicted molar refractivity (Wildman–Crippen MR) is 83.5 cm³/mol. The van der Waals surface area contributed by atoms with Crippen LogP contribution in [0.1, 0.15) is 72.1 Å². The maximum atomic E-state index is 3.99. The molecule has 1 aliphatic carbocycles. The molecule has 0 aromatic heterocycles. The lowest BCUT2D eigenvalue weighted by molar-refractivity contribution is 0.223. The quantitative estimate of drug-likeness (QED) is 0.832. The molecule has 3 atom stereocenters. The summed E-state index contributed by atoms with van der Waals surface area (Å²) in [6.07, 6.45) is 11.3. The lowest BCUT2D eigenvalue weighted by atomic mass is 9.83. The van der Waals surface area contributed by atoms with Crippen LogP contribution in [0.4, 0.5) is 0 Å². The van der Waals surface area contributed by atoms with Crippen molar-refractivity contribution in [3.63, 3.8) is 0 Å². The second-order valence-electron chi connectivity index (χ2n) is 7.06. The van der Waals surface area contributed by atoms with Gasteiger partial charge in [-0.3, -0.25) is 0 Å². The van der Waals surface area contributed by atoms with Gasteiger partial charge in [-0.1, -0.05) is 26.2 Å². The van der Waals surface area contributed by atoms with Gasteiger partial charge < -0.3 is 10.2 Å². The van der Waals surface area contributed by atoms with E-state index in [1.165, 1.54) is 64.5 Å². The van der Waals surface area contributed by atoms with Gasteiger partial charge in [0, 0.05) is 18.1 Å². The Bertz CT molecular complexity index is 252. The minimum atomic E-state index is 0.720. The van der Waals surface area contributed by atoms with E-state index in [2.05, 4.69) is 31.0 Å². The van der Waals surface area contributed by atoms with Crippen LogP contribution in [-0.2, 0) is 0 Å². The largest absolute Gasteiger partial charge is 0.311 e. The molecule has 1 saturated carbocycles. The SMILES string of the molecule is CCC1CCCC(NC2CCCN(C(C)C)CC2)C1. The lowest BCUT2D eigenvalue weighted by Crippen LogP contribution is -2.41. The van der Waals surface area contributed by atoms with Crippen molar-refractivity contribution in [2.75, 3.05) is 13.1 Å². The van der Waals surface area contributed by atoms with E-state index in [0.29, 0.717) is 0 Å². The normalized spacial score (nSPS) is 34.4. The third kappa shape index (κ3) is 4.75. The molecular weight excluding hydrogens is 232 g/mol. The van der Waals surface area contributed by atoms with E-state index in [1.807, 2.05) is 0 Å². The summed E-state index contributed by atoms with van der Waals surface area (Å²) >= 11 is 0. The van der Waals surface area contributed by atoms with E-state index < -0.39 is 0 Å². The summed E-state index contributed by atoms with van der Waals surface area (Å²) in [5.74, 6) is 0.990. The molecule has 0 amide bonds. The standard InChI is InChI=1S/C17H34N2/c1-4-15-7-5-8-17(13-15)18-16-9-6-11-19(12-10-16)14(2)3/h14-18H,4-13H2,1-3H3. The first kappa shape index (κ1) is 15.3. The van der Waals surface area contributed by atoms with E-state index in [-0.39, 0.29) is 0 Å². The summed E-state index contributed by atoms with van der Waals surface area (Å²) in [5.41, 5.74) is 0. The van der Waals surface area contributed by atoms with Gasteiger partial charge in [0.15, 0.2) is 0 Å². The highest BCUT2D eigenvalue weighted by molar-refractivity contribution is 4.83. The third-order valence-electron chi connectivity index (χ3n) is 5.32. The van der Waals surface area contributed by atoms with Gasteiger partial charge >= 0.3 is 0 Å². The minimum absolute atomic E-state index is 0.720. The van der Waals surface area contributed by atoms with Crippen molar-refractivity contribution < 1.29 is 0 Å². The molecule has 1 heterocycles. The van der Waals surface area contributed by atoms with Crippen molar-refractivity contribution >= 4 is 0 Å². The first-order chi connectivity index (χ1) is 9.19. The van der Waals surface area contributed by atoms with Crippen molar-refractivity contribution in [2.24, 2.45) is 5.92 Å². The zero-order valence-corrected chi connectivity index (χ0v) is 13.3. The zero-order chi connectivity index (χ0) is 13.7. The fraction of sp³-hybridized carbons (Fsp3) is 1.00. The van der Waals surface area contributed by atoms with Crippen molar-refractivity contribution in [3.8, 4) is 0 Å². The Labute approximate surface area is 120 Å². The fourth-order valence-corrected chi connectivity index (χ4v) is 3.95. The molecule has 1 N–H and O–H groups in total. The molecule has 2 nitrogen and oxygen atoms in total. The Kier molecular flexibility index (Phi) is 6.15. The van der Waals surface area contributed by atoms with E-state index in [9.17, 15) is 0 Å². The fourth-order valence-electron chi connectivity index (χ4n) is 3.95. The summed E-state index contributed by atoms with van der Waals surface area (Å²) in [6.45, 7) is 9.62. The number of nitrogens with zero attached hydrogens (tertiary/aromatic N) is 1. The van der Waals surface area contributed by atoms with E-state index in [1.54, 1.807) is 0 Å². The van der Waals surface area contributed by atoms with Crippen LogP contribution in [0, 0.1) is 5.92 Å². The number of rotatable bonds is 4. The van der Waals surface area contributed by atoms with Crippen molar-refractivity contribution in [3.05, 3.63) is 0 Å². The average Bonchev–Trinajstić information content (AvgIpc) is 2.65. The van der Waals surface area contributed by atoms with Crippen LogP contribution in [-0.4, -0.2) is 36.1 Å². The van der Waals surface area contributed by atoms with Gasteiger partial charge in [0.05, 0.1) is 0 Å². The summed E-state index contributed by atoms with van der Waals surface area (Å²) in [7, 11) is 0. The Hall–Kier alpha value is -0.0800. The van der Waals surface area contributed by atoms with Crippen molar-refractivity contribution in [1.82, 2.24) is 10.2 Å². The van der Waals surface area contributed by atoms with Gasteiger partial charge in [0.2, 0.25) is 0 Å². The topological polar surface area (TPSA) is 15.3 Å². The zero-order valence-electron chi connectivity index (χ0n) is 13.3. The van der Waals surface area contributed by atoms with E-state index in [0.717, 1.165) is 24.0 Å². The van der Waals surface area contributed by atoms with Crippen LogP contribution in [0.3, 0.4) is 0 Å². The molecular formula is C17H34N2. The third-order valence-corrected chi connectivity index (χ3v) is 5.32. The Morgan fingerprint density at radius 1 is 1.00 bits per heavy atom. The first-order valence-corrected chi connectivity index (χ1v) is 8.69. The van der Waals surface area contributed by atoms with Crippen molar-refractivity contribution in [1.29, 1.82) is 0 Å². The number of hydrogen-bond acceptors (Lipinski definition) is 2. The summed E-state index contributed by atoms with van der Waals surface area (Å²) in [4.78, 5) is 2.65. The van der Waals surface area contributed by atoms with Crippen LogP contribution >= 0.6 is 0 Å². The summed E-state index contributed by atoms with van der Waals surface area (Å²) < 4.78 is 0. The van der Waals surface area contributed by atoms with E-state index in [4.69, 9.17) is 0 Å². The highest BCUT2D eigenvalue weighted by Gasteiger charge is 2.24. The molecule has 112 valence electrons. The molecule has 0 spiro atoms. The summed E-state index contributed by atoms with van der Waals surface area (Å²) in [6, 6.07) is 2.32. The molecule has 0 aromatic carbocycles. The van der Waals surface area contributed by atoms with Crippen LogP contribution < -0.4 is 5.32 Å². The monoisotopic (exact) mass is 266 g/mol. The minimum Gasteiger partial charge on any atom is -0.311 e. The molecule has 0 radical (unpaired) electrons. The van der Waals surface area contributed by atoms with Crippen LogP contribution in [0.15, 0.2) is 0 Å². The number of nitrogens with one attached hydrogen (secondary N) is 1. The maximum Gasteiger partial charge on any atom is 0.00823 e. The molecule has 2 rings (SSSR count). The van der Waals surface area contributed by atoms with E-state index >= 15 is 0 Å². The lowest BCUT2D eigenvalue weighted by Gasteiger charge is -2.32. The highest BCUT2D eigenvalue weighted by atomic mass is 15.1. The Morgan fingerprint density at radius 2 is 1.79 bits per heavy atom. The molecule has 1 aliphatic heterocycles. The Morgan fingerprint density at radius 3 is 2.53 bits per heavy atom. The summed E-state index contributed by atoms with van der Waals surface area (Å²) in [5, 5.41) is 3.99. The molecule has 3 unspecified atom stereocenters. The maximum absolute atomic E-state index is 3.99. The second-order valence-corrected chi connectivity index (χ2v) is 7.06. The predicted octanol–water partition coefficient (Wildman–Crippen LogP) is 3.81. The molecule has 2 aliphatic rings. The molecule has 2 fully saturated rings. The van der Waals surface area contributed by atoms with Gasteiger partial charge in [-0.2, -0.15) is 0 Å². The molecule has 0 aromatic rings. The van der Waals surface area contributed by atoms with Gasteiger partial charge in [-0.15, -0.1) is 0 Å². The number of hydrogen-bond donors (Lipinski definition) is 1. The van der Waals surface area contributed by atoms with Crippen LogP contribution in [0.25, 0.3) is 0 Å².